The molecule has 0 saturated heterocycles. The molecule has 0 radical (unpaired) electrons. The Bertz CT molecular complexity index is 694. The van der Waals surface area contributed by atoms with Crippen LogP contribution in [0.1, 0.15) is 33.5 Å². The van der Waals surface area contributed by atoms with Crippen LogP contribution < -0.4 is 4.74 Å². The van der Waals surface area contributed by atoms with E-state index in [0.717, 1.165) is 25.3 Å². The number of carbonyl (C=O) groups is 1. The number of carboxylic acids is 1. The van der Waals surface area contributed by atoms with Crippen LogP contribution in [0.15, 0.2) is 36.4 Å². The van der Waals surface area contributed by atoms with E-state index in [2.05, 4.69) is 0 Å². The van der Waals surface area contributed by atoms with E-state index in [4.69, 9.17) is 9.84 Å². The molecule has 3 rings (SSSR count). The number of aromatic carboxylic acids is 1. The van der Waals surface area contributed by atoms with E-state index in [1.807, 2.05) is 18.2 Å². The van der Waals surface area contributed by atoms with Crippen LogP contribution >= 0.6 is 0 Å². The van der Waals surface area contributed by atoms with Crippen molar-refractivity contribution in [3.63, 3.8) is 0 Å². The van der Waals surface area contributed by atoms with Gasteiger partial charge in [0.2, 0.25) is 0 Å². The Hall–Kier alpha value is -2.36. The summed E-state index contributed by atoms with van der Waals surface area (Å²) < 4.78 is 19.3. The molecule has 108 valence electrons. The van der Waals surface area contributed by atoms with Crippen LogP contribution in [-0.2, 0) is 19.4 Å². The molecule has 0 saturated carbocycles. The molecule has 0 atom stereocenters. The summed E-state index contributed by atoms with van der Waals surface area (Å²) in [5.41, 5.74) is 2.94. The summed E-state index contributed by atoms with van der Waals surface area (Å²) in [6.45, 7) is 0.0196. The molecule has 2 aromatic rings. The maximum Gasteiger partial charge on any atom is 0.335 e. The first-order valence-electron chi connectivity index (χ1n) is 6.90. The van der Waals surface area contributed by atoms with Crippen molar-refractivity contribution in [3.05, 3.63) is 64.5 Å². The predicted octanol–water partition coefficient (Wildman–Crippen LogP) is 3.59. The van der Waals surface area contributed by atoms with E-state index in [9.17, 15) is 9.18 Å². The largest absolute Gasteiger partial charge is 0.489 e. The van der Waals surface area contributed by atoms with Crippen molar-refractivity contribution in [2.24, 2.45) is 0 Å². The van der Waals surface area contributed by atoms with Crippen molar-refractivity contribution in [3.8, 4) is 5.75 Å². The van der Waals surface area contributed by atoms with Crippen LogP contribution in [0.3, 0.4) is 0 Å². The number of carboxylic acid groups (broad SMARTS) is 1. The summed E-state index contributed by atoms with van der Waals surface area (Å²) in [6, 6.07) is 9.62. The molecule has 4 heteroatoms. The molecular weight excluding hydrogens is 271 g/mol. The van der Waals surface area contributed by atoms with Gasteiger partial charge in [-0.2, -0.15) is 0 Å². The highest BCUT2D eigenvalue weighted by molar-refractivity contribution is 5.87. The summed E-state index contributed by atoms with van der Waals surface area (Å²) in [5, 5.41) is 8.93. The van der Waals surface area contributed by atoms with Gasteiger partial charge in [0.1, 0.15) is 18.2 Å². The van der Waals surface area contributed by atoms with Gasteiger partial charge in [0, 0.05) is 5.56 Å². The third-order valence-corrected chi connectivity index (χ3v) is 3.76. The van der Waals surface area contributed by atoms with Crippen LogP contribution in [0.4, 0.5) is 4.39 Å². The van der Waals surface area contributed by atoms with E-state index in [1.165, 1.54) is 23.3 Å². The second-order valence-corrected chi connectivity index (χ2v) is 5.18. The lowest BCUT2D eigenvalue weighted by Crippen LogP contribution is -2.03. The number of benzene rings is 2. The summed E-state index contributed by atoms with van der Waals surface area (Å²) in [5.74, 6) is -0.842. The van der Waals surface area contributed by atoms with E-state index in [-0.39, 0.29) is 17.7 Å². The van der Waals surface area contributed by atoms with Crippen molar-refractivity contribution < 1.29 is 19.0 Å². The molecule has 0 spiro atoms. The second-order valence-electron chi connectivity index (χ2n) is 5.18. The van der Waals surface area contributed by atoms with Crippen LogP contribution in [0.25, 0.3) is 0 Å². The summed E-state index contributed by atoms with van der Waals surface area (Å²) in [4.78, 5) is 10.9. The zero-order valence-electron chi connectivity index (χ0n) is 11.4. The fourth-order valence-electron chi connectivity index (χ4n) is 2.62. The Balaban J connectivity index is 1.75. The average molecular weight is 286 g/mol. The SMILES string of the molecule is O=C(O)c1ccc(F)c(COc2ccc3c(c2)CCC3)c1. The first kappa shape index (κ1) is 13.6. The van der Waals surface area contributed by atoms with Gasteiger partial charge in [-0.05, 0) is 60.7 Å². The van der Waals surface area contributed by atoms with Gasteiger partial charge in [0.25, 0.3) is 0 Å². The highest BCUT2D eigenvalue weighted by Gasteiger charge is 2.12. The van der Waals surface area contributed by atoms with Gasteiger partial charge in [-0.3, -0.25) is 0 Å². The van der Waals surface area contributed by atoms with Gasteiger partial charge in [-0.15, -0.1) is 0 Å². The van der Waals surface area contributed by atoms with Crippen LogP contribution in [0.5, 0.6) is 5.75 Å². The molecule has 0 amide bonds. The fourth-order valence-corrected chi connectivity index (χ4v) is 2.62. The van der Waals surface area contributed by atoms with Crippen molar-refractivity contribution in [2.75, 3.05) is 0 Å². The number of aryl methyl sites for hydroxylation is 2. The molecule has 0 unspecified atom stereocenters. The average Bonchev–Trinajstić information content (AvgIpc) is 2.93. The Kier molecular flexibility index (Phi) is 3.60. The summed E-state index contributed by atoms with van der Waals surface area (Å²) in [6.07, 6.45) is 3.31. The number of ether oxygens (including phenoxy) is 1. The van der Waals surface area contributed by atoms with Crippen LogP contribution in [-0.4, -0.2) is 11.1 Å². The minimum atomic E-state index is -1.08. The zero-order valence-corrected chi connectivity index (χ0v) is 11.4. The maximum absolute atomic E-state index is 13.7. The monoisotopic (exact) mass is 286 g/mol. The summed E-state index contributed by atoms with van der Waals surface area (Å²) >= 11 is 0. The first-order chi connectivity index (χ1) is 10.1. The second kappa shape index (κ2) is 5.56. The molecule has 3 nitrogen and oxygen atoms in total. The molecule has 1 N–H and O–H groups in total. The minimum Gasteiger partial charge on any atom is -0.489 e. The zero-order chi connectivity index (χ0) is 14.8. The van der Waals surface area contributed by atoms with E-state index in [0.29, 0.717) is 5.75 Å². The molecule has 0 aromatic heterocycles. The molecular formula is C17H15FO3. The number of hydrogen-bond acceptors (Lipinski definition) is 2. The smallest absolute Gasteiger partial charge is 0.335 e. The fraction of sp³-hybridized carbons (Fsp3) is 0.235. The molecule has 21 heavy (non-hydrogen) atoms. The Labute approximate surface area is 122 Å². The van der Waals surface area contributed by atoms with Gasteiger partial charge in [-0.1, -0.05) is 6.07 Å². The van der Waals surface area contributed by atoms with Crippen molar-refractivity contribution in [1.29, 1.82) is 0 Å². The minimum absolute atomic E-state index is 0.0196. The third-order valence-electron chi connectivity index (χ3n) is 3.76. The van der Waals surface area contributed by atoms with Crippen LogP contribution in [0, 0.1) is 5.82 Å². The van der Waals surface area contributed by atoms with Crippen molar-refractivity contribution in [1.82, 2.24) is 0 Å². The van der Waals surface area contributed by atoms with Crippen molar-refractivity contribution in [2.45, 2.75) is 25.9 Å². The third kappa shape index (κ3) is 2.89. The van der Waals surface area contributed by atoms with Crippen LogP contribution in [0.2, 0.25) is 0 Å². The van der Waals surface area contributed by atoms with Gasteiger partial charge in [-0.25, -0.2) is 9.18 Å². The lowest BCUT2D eigenvalue weighted by atomic mass is 10.1. The highest BCUT2D eigenvalue weighted by atomic mass is 19.1. The molecule has 0 fully saturated rings. The van der Waals surface area contributed by atoms with Gasteiger partial charge >= 0.3 is 5.97 Å². The van der Waals surface area contributed by atoms with E-state index >= 15 is 0 Å². The molecule has 0 bridgehead atoms. The topological polar surface area (TPSA) is 46.5 Å². The van der Waals surface area contributed by atoms with E-state index in [1.54, 1.807) is 0 Å². The lowest BCUT2D eigenvalue weighted by Gasteiger charge is -2.09. The van der Waals surface area contributed by atoms with Gasteiger partial charge in [0.15, 0.2) is 0 Å². The highest BCUT2D eigenvalue weighted by Crippen LogP contribution is 2.26. The first-order valence-corrected chi connectivity index (χ1v) is 6.90. The number of halogens is 1. The molecule has 1 aliphatic carbocycles. The number of fused-ring (bicyclic) bond motifs is 1. The molecule has 1 aliphatic rings. The Morgan fingerprint density at radius 2 is 1.95 bits per heavy atom. The van der Waals surface area contributed by atoms with E-state index < -0.39 is 11.8 Å². The number of rotatable bonds is 4. The molecule has 0 heterocycles. The normalized spacial score (nSPS) is 13.0. The maximum atomic E-state index is 13.7. The van der Waals surface area contributed by atoms with Gasteiger partial charge < -0.3 is 9.84 Å². The molecule has 2 aromatic carbocycles. The van der Waals surface area contributed by atoms with Crippen molar-refractivity contribution >= 4 is 5.97 Å². The number of hydrogen-bond donors (Lipinski definition) is 1. The lowest BCUT2D eigenvalue weighted by molar-refractivity contribution is 0.0696. The van der Waals surface area contributed by atoms with Gasteiger partial charge in [0.05, 0.1) is 5.56 Å². The quantitative estimate of drug-likeness (QED) is 0.934. The Morgan fingerprint density at radius 3 is 2.76 bits per heavy atom. The standard InChI is InChI=1S/C17H15FO3/c18-16-7-5-13(17(19)20)8-14(16)10-21-15-6-4-11-2-1-3-12(11)9-15/h4-9H,1-3,10H2,(H,19,20). The summed E-state index contributed by atoms with van der Waals surface area (Å²) in [7, 11) is 0. The Morgan fingerprint density at radius 1 is 1.14 bits per heavy atom. The molecule has 0 aliphatic heterocycles. The predicted molar refractivity (Wildman–Crippen MR) is 76.2 cm³/mol.